The fraction of sp³-hybridized carbons (Fsp3) is 0.417. The summed E-state index contributed by atoms with van der Waals surface area (Å²) in [4.78, 5) is 22.3. The first-order valence-corrected chi connectivity index (χ1v) is 6.42. The zero-order valence-corrected chi connectivity index (χ0v) is 10.9. The third-order valence-corrected chi connectivity index (χ3v) is 3.39. The summed E-state index contributed by atoms with van der Waals surface area (Å²) >= 11 is 5.76. The average molecular weight is 284 g/mol. The highest BCUT2D eigenvalue weighted by atomic mass is 35.5. The molecule has 2 N–H and O–H groups in total. The lowest BCUT2D eigenvalue weighted by Gasteiger charge is -2.11. The van der Waals surface area contributed by atoms with E-state index in [2.05, 4.69) is 10.6 Å². The van der Waals surface area contributed by atoms with Crippen molar-refractivity contribution in [1.29, 1.82) is 0 Å². The van der Waals surface area contributed by atoms with E-state index >= 15 is 0 Å². The monoisotopic (exact) mass is 283 g/mol. The first-order valence-electron chi connectivity index (χ1n) is 6.04. The van der Waals surface area contributed by atoms with Gasteiger partial charge >= 0.3 is 5.69 Å². The van der Waals surface area contributed by atoms with Gasteiger partial charge in [0.2, 0.25) is 0 Å². The molecule has 1 aromatic rings. The fourth-order valence-electron chi connectivity index (χ4n) is 2.13. The van der Waals surface area contributed by atoms with E-state index in [9.17, 15) is 14.9 Å². The van der Waals surface area contributed by atoms with Crippen molar-refractivity contribution in [1.82, 2.24) is 10.6 Å². The molecule has 1 amide bonds. The van der Waals surface area contributed by atoms with Crippen LogP contribution in [0.5, 0.6) is 0 Å². The van der Waals surface area contributed by atoms with Crippen LogP contribution in [0.1, 0.15) is 23.2 Å². The maximum atomic E-state index is 12.0. The molecule has 0 saturated carbocycles. The second-order valence-electron chi connectivity index (χ2n) is 4.40. The van der Waals surface area contributed by atoms with Crippen LogP contribution in [0.3, 0.4) is 0 Å². The van der Waals surface area contributed by atoms with E-state index in [4.69, 9.17) is 11.6 Å². The standard InChI is InChI=1S/C12H14ClN3O3/c13-10-5-1-4-9(11(10)16(18)19)12(17)15-7-8-3-2-6-14-8/h1,4-5,8,14H,2-3,6-7H2,(H,15,17). The Bertz CT molecular complexity index is 501. The molecular weight excluding hydrogens is 270 g/mol. The maximum absolute atomic E-state index is 12.0. The first kappa shape index (κ1) is 13.8. The van der Waals surface area contributed by atoms with Crippen LogP contribution in [-0.4, -0.2) is 30.0 Å². The highest BCUT2D eigenvalue weighted by molar-refractivity contribution is 6.33. The highest BCUT2D eigenvalue weighted by Crippen LogP contribution is 2.27. The number of nitrogens with zero attached hydrogens (tertiary/aromatic N) is 1. The van der Waals surface area contributed by atoms with E-state index in [0.29, 0.717) is 6.54 Å². The van der Waals surface area contributed by atoms with Crippen LogP contribution < -0.4 is 10.6 Å². The summed E-state index contributed by atoms with van der Waals surface area (Å²) < 4.78 is 0. The Morgan fingerprint density at radius 1 is 1.58 bits per heavy atom. The number of para-hydroxylation sites is 1. The van der Waals surface area contributed by atoms with Crippen molar-refractivity contribution in [2.24, 2.45) is 0 Å². The van der Waals surface area contributed by atoms with Crippen LogP contribution in [0.4, 0.5) is 5.69 Å². The Balaban J connectivity index is 2.10. The summed E-state index contributed by atoms with van der Waals surface area (Å²) in [6, 6.07) is 4.57. The number of carbonyl (C=O) groups excluding carboxylic acids is 1. The minimum Gasteiger partial charge on any atom is -0.350 e. The van der Waals surface area contributed by atoms with Crippen molar-refractivity contribution in [2.45, 2.75) is 18.9 Å². The summed E-state index contributed by atoms with van der Waals surface area (Å²) in [5.41, 5.74) is -0.350. The van der Waals surface area contributed by atoms with Gasteiger partial charge < -0.3 is 10.6 Å². The van der Waals surface area contributed by atoms with Crippen molar-refractivity contribution < 1.29 is 9.72 Å². The number of benzene rings is 1. The fourth-order valence-corrected chi connectivity index (χ4v) is 2.37. The third kappa shape index (κ3) is 3.21. The SMILES string of the molecule is O=C(NCC1CCCN1)c1cccc(Cl)c1[N+](=O)[O-]. The van der Waals surface area contributed by atoms with Gasteiger partial charge in [-0.2, -0.15) is 0 Å². The Labute approximate surface area is 115 Å². The number of hydrogen-bond donors (Lipinski definition) is 2. The third-order valence-electron chi connectivity index (χ3n) is 3.09. The number of carbonyl (C=O) groups is 1. The largest absolute Gasteiger partial charge is 0.350 e. The van der Waals surface area contributed by atoms with Gasteiger partial charge in [-0.3, -0.25) is 14.9 Å². The van der Waals surface area contributed by atoms with E-state index in [1.807, 2.05) is 0 Å². The Morgan fingerprint density at radius 3 is 3.00 bits per heavy atom. The van der Waals surface area contributed by atoms with E-state index in [-0.39, 0.29) is 22.3 Å². The van der Waals surface area contributed by atoms with Crippen LogP contribution in [0, 0.1) is 10.1 Å². The lowest BCUT2D eigenvalue weighted by atomic mass is 10.1. The Morgan fingerprint density at radius 2 is 2.37 bits per heavy atom. The summed E-state index contributed by atoms with van der Waals surface area (Å²) in [5, 5.41) is 16.8. The number of nitrogens with one attached hydrogen (secondary N) is 2. The predicted octanol–water partition coefficient (Wildman–Crippen LogP) is 1.73. The number of halogens is 1. The molecule has 1 atom stereocenters. The van der Waals surface area contributed by atoms with E-state index in [1.54, 1.807) is 0 Å². The Hall–Kier alpha value is -1.66. The van der Waals surface area contributed by atoms with Crippen LogP contribution in [0.2, 0.25) is 5.02 Å². The second-order valence-corrected chi connectivity index (χ2v) is 4.80. The predicted molar refractivity (Wildman–Crippen MR) is 71.5 cm³/mol. The number of nitro groups is 1. The van der Waals surface area contributed by atoms with Gasteiger partial charge in [-0.05, 0) is 31.5 Å². The molecular formula is C12H14ClN3O3. The molecule has 102 valence electrons. The zero-order valence-electron chi connectivity index (χ0n) is 10.2. The highest BCUT2D eigenvalue weighted by Gasteiger charge is 2.24. The minimum atomic E-state index is -0.634. The van der Waals surface area contributed by atoms with Crippen LogP contribution >= 0.6 is 11.6 Å². The first-order chi connectivity index (χ1) is 9.09. The van der Waals surface area contributed by atoms with Crippen LogP contribution in [-0.2, 0) is 0 Å². The van der Waals surface area contributed by atoms with Gasteiger partial charge in [0.1, 0.15) is 10.6 Å². The van der Waals surface area contributed by atoms with E-state index in [1.165, 1.54) is 18.2 Å². The van der Waals surface area contributed by atoms with Crippen molar-refractivity contribution in [3.8, 4) is 0 Å². The number of hydrogen-bond acceptors (Lipinski definition) is 4. The summed E-state index contributed by atoms with van der Waals surface area (Å²) in [6.07, 6.45) is 2.08. The van der Waals surface area contributed by atoms with Gasteiger partial charge in [0.15, 0.2) is 0 Å². The number of rotatable bonds is 4. The molecule has 0 bridgehead atoms. The maximum Gasteiger partial charge on any atom is 0.300 e. The van der Waals surface area contributed by atoms with Gasteiger partial charge in [0, 0.05) is 12.6 Å². The minimum absolute atomic E-state index is 0.00417. The molecule has 0 radical (unpaired) electrons. The normalized spacial score (nSPS) is 18.3. The molecule has 0 spiro atoms. The molecule has 0 aromatic heterocycles. The lowest BCUT2D eigenvalue weighted by Crippen LogP contribution is -2.37. The molecule has 1 aliphatic heterocycles. The summed E-state index contributed by atoms with van der Waals surface area (Å²) in [5.74, 6) is -0.470. The van der Waals surface area contributed by atoms with Gasteiger partial charge in [-0.25, -0.2) is 0 Å². The summed E-state index contributed by atoms with van der Waals surface area (Å²) in [6.45, 7) is 1.40. The smallest absolute Gasteiger partial charge is 0.300 e. The average Bonchev–Trinajstić information content (AvgIpc) is 2.88. The molecule has 1 saturated heterocycles. The topological polar surface area (TPSA) is 84.3 Å². The van der Waals surface area contributed by atoms with Crippen LogP contribution in [0.25, 0.3) is 0 Å². The van der Waals surface area contributed by atoms with E-state index < -0.39 is 10.8 Å². The molecule has 1 aromatic carbocycles. The molecule has 0 aliphatic carbocycles. The molecule has 19 heavy (non-hydrogen) atoms. The number of amides is 1. The van der Waals surface area contributed by atoms with Crippen molar-refractivity contribution >= 4 is 23.2 Å². The molecule has 1 fully saturated rings. The van der Waals surface area contributed by atoms with Crippen molar-refractivity contribution in [2.75, 3.05) is 13.1 Å². The van der Waals surface area contributed by atoms with Crippen molar-refractivity contribution in [3.05, 3.63) is 38.9 Å². The lowest BCUT2D eigenvalue weighted by molar-refractivity contribution is -0.385. The zero-order chi connectivity index (χ0) is 13.8. The molecule has 1 heterocycles. The molecule has 6 nitrogen and oxygen atoms in total. The quantitative estimate of drug-likeness (QED) is 0.651. The molecule has 2 rings (SSSR count). The van der Waals surface area contributed by atoms with Gasteiger partial charge in [0.05, 0.1) is 4.92 Å². The van der Waals surface area contributed by atoms with Gasteiger partial charge in [0.25, 0.3) is 5.91 Å². The van der Waals surface area contributed by atoms with Crippen molar-refractivity contribution in [3.63, 3.8) is 0 Å². The van der Waals surface area contributed by atoms with Crippen LogP contribution in [0.15, 0.2) is 18.2 Å². The number of nitro benzene ring substituents is 1. The summed E-state index contributed by atoms with van der Waals surface area (Å²) in [7, 11) is 0. The second kappa shape index (κ2) is 5.99. The van der Waals surface area contributed by atoms with Gasteiger partial charge in [-0.1, -0.05) is 17.7 Å². The van der Waals surface area contributed by atoms with E-state index in [0.717, 1.165) is 19.4 Å². The Kier molecular flexibility index (Phi) is 4.34. The van der Waals surface area contributed by atoms with Gasteiger partial charge in [-0.15, -0.1) is 0 Å². The molecule has 1 unspecified atom stereocenters. The molecule has 7 heteroatoms. The molecule has 1 aliphatic rings.